The third-order valence-corrected chi connectivity index (χ3v) is 7.39. The Labute approximate surface area is 246 Å². The normalized spacial score (nSPS) is 14.3. The van der Waals surface area contributed by atoms with Gasteiger partial charge in [0.25, 0.3) is 0 Å². The van der Waals surface area contributed by atoms with Crippen molar-refractivity contribution in [3.05, 3.63) is 130 Å². The monoisotopic (exact) mass is 567 g/mol. The van der Waals surface area contributed by atoms with E-state index in [1.165, 1.54) is 5.57 Å². The first-order valence-corrected chi connectivity index (χ1v) is 14.4. The van der Waals surface area contributed by atoms with E-state index in [0.29, 0.717) is 22.9 Å². The van der Waals surface area contributed by atoms with E-state index >= 15 is 0 Å². The van der Waals surface area contributed by atoms with Crippen LogP contribution in [0.15, 0.2) is 103 Å². The number of halogens is 1. The summed E-state index contributed by atoms with van der Waals surface area (Å²) in [6, 6.07) is 32.9. The van der Waals surface area contributed by atoms with Crippen molar-refractivity contribution in [2.45, 2.75) is 13.3 Å². The van der Waals surface area contributed by atoms with Gasteiger partial charge in [0.1, 0.15) is 18.1 Å². The molecule has 0 radical (unpaired) electrons. The van der Waals surface area contributed by atoms with Crippen LogP contribution in [0.25, 0.3) is 11.1 Å². The van der Waals surface area contributed by atoms with Gasteiger partial charge in [-0.05, 0) is 82.8 Å². The van der Waals surface area contributed by atoms with Crippen LogP contribution >= 0.6 is 11.6 Å². The molecule has 1 aliphatic heterocycles. The second-order valence-electron chi connectivity index (χ2n) is 9.82. The van der Waals surface area contributed by atoms with E-state index < -0.39 is 0 Å². The zero-order valence-electron chi connectivity index (χ0n) is 23.2. The summed E-state index contributed by atoms with van der Waals surface area (Å²) in [6.45, 7) is 7.14. The lowest BCUT2D eigenvalue weighted by Gasteiger charge is -2.26. The van der Waals surface area contributed by atoms with Crippen molar-refractivity contribution in [1.82, 2.24) is 4.90 Å². The molecule has 0 bridgehead atoms. The Bertz CT molecular complexity index is 1440. The maximum atomic E-state index is 12.6. The van der Waals surface area contributed by atoms with E-state index in [1.54, 1.807) is 12.1 Å². The molecule has 4 aromatic carbocycles. The van der Waals surface area contributed by atoms with E-state index in [4.69, 9.17) is 25.8 Å². The van der Waals surface area contributed by atoms with Gasteiger partial charge in [-0.2, -0.15) is 0 Å². The molecule has 5 nitrogen and oxygen atoms in total. The average Bonchev–Trinajstić information content (AvgIpc) is 3.02. The van der Waals surface area contributed by atoms with E-state index in [0.717, 1.165) is 67.3 Å². The fourth-order valence-corrected chi connectivity index (χ4v) is 5.08. The minimum Gasteiger partial charge on any atom is -0.492 e. The lowest BCUT2D eigenvalue weighted by Crippen LogP contribution is -2.38. The Morgan fingerprint density at radius 2 is 1.34 bits per heavy atom. The van der Waals surface area contributed by atoms with Gasteiger partial charge in [-0.3, -0.25) is 4.90 Å². The fraction of sp³-hybridized carbons (Fsp3) is 0.229. The van der Waals surface area contributed by atoms with Gasteiger partial charge in [-0.15, -0.1) is 0 Å². The largest absolute Gasteiger partial charge is 0.492 e. The molecule has 0 atom stereocenters. The Hall–Kier alpha value is -3.90. The number of allylic oxidation sites excluding steroid dienone is 1. The molecule has 0 unspecified atom stereocenters. The highest BCUT2D eigenvalue weighted by atomic mass is 35.5. The third kappa shape index (κ3) is 7.65. The molecular weight excluding hydrogens is 534 g/mol. The topological polar surface area (TPSA) is 48.0 Å². The molecular formula is C35H34ClNO4. The maximum absolute atomic E-state index is 12.6. The molecule has 41 heavy (non-hydrogen) atoms. The van der Waals surface area contributed by atoms with Crippen molar-refractivity contribution >= 4 is 28.7 Å². The average molecular weight is 568 g/mol. The van der Waals surface area contributed by atoms with E-state index in [1.807, 2.05) is 66.7 Å². The Morgan fingerprint density at radius 1 is 0.756 bits per heavy atom. The standard InChI is InChI=1S/C35H34ClNO4/c1-2-33(26-8-14-30(36)15-9-26)34(27-10-16-31(17-11-27)40-25-22-37-20-23-39-24-21-37)28-12-18-32(19-13-28)41-35(38)29-6-4-3-5-7-29/h3-19H,2,20-25H2,1H3/b34-33-. The van der Waals surface area contributed by atoms with Crippen LogP contribution in [-0.2, 0) is 4.74 Å². The zero-order chi connectivity index (χ0) is 28.4. The number of ether oxygens (including phenoxy) is 3. The molecule has 0 saturated carbocycles. The van der Waals surface area contributed by atoms with Gasteiger partial charge in [0.05, 0.1) is 18.8 Å². The second-order valence-corrected chi connectivity index (χ2v) is 10.3. The summed E-state index contributed by atoms with van der Waals surface area (Å²) < 4.78 is 17.1. The number of carbonyl (C=O) groups is 1. The molecule has 1 heterocycles. The summed E-state index contributed by atoms with van der Waals surface area (Å²) in [5.74, 6) is 0.957. The van der Waals surface area contributed by atoms with Gasteiger partial charge in [0, 0.05) is 24.7 Å². The molecule has 0 aliphatic carbocycles. The van der Waals surface area contributed by atoms with Crippen molar-refractivity contribution in [3.63, 3.8) is 0 Å². The Morgan fingerprint density at radius 3 is 1.95 bits per heavy atom. The van der Waals surface area contributed by atoms with Crippen LogP contribution in [0.2, 0.25) is 5.02 Å². The minimum absolute atomic E-state index is 0.381. The summed E-state index contributed by atoms with van der Waals surface area (Å²) in [5, 5.41) is 0.703. The van der Waals surface area contributed by atoms with Crippen LogP contribution in [0.3, 0.4) is 0 Å². The van der Waals surface area contributed by atoms with Gasteiger partial charge in [0.15, 0.2) is 0 Å². The van der Waals surface area contributed by atoms with Crippen molar-refractivity contribution < 1.29 is 19.0 Å². The second kappa shape index (κ2) is 14.1. The van der Waals surface area contributed by atoms with E-state index in [-0.39, 0.29) is 5.97 Å². The minimum atomic E-state index is -0.381. The molecule has 1 saturated heterocycles. The lowest BCUT2D eigenvalue weighted by atomic mass is 9.88. The Kier molecular flexibility index (Phi) is 9.87. The molecule has 0 N–H and O–H groups in total. The summed E-state index contributed by atoms with van der Waals surface area (Å²) in [7, 11) is 0. The van der Waals surface area contributed by atoms with E-state index in [2.05, 4.69) is 36.1 Å². The molecule has 1 fully saturated rings. The molecule has 0 amide bonds. The van der Waals surface area contributed by atoms with E-state index in [9.17, 15) is 4.79 Å². The summed E-state index contributed by atoms with van der Waals surface area (Å²) in [4.78, 5) is 14.9. The number of rotatable bonds is 10. The third-order valence-electron chi connectivity index (χ3n) is 7.13. The van der Waals surface area contributed by atoms with Gasteiger partial charge in [-0.1, -0.05) is 73.1 Å². The van der Waals surface area contributed by atoms with Crippen LogP contribution in [-0.4, -0.2) is 50.3 Å². The SMILES string of the molecule is CC/C(=C(\c1ccc(OCCN2CCOCC2)cc1)c1ccc(OC(=O)c2ccccc2)cc1)c1ccc(Cl)cc1. The van der Waals surface area contributed by atoms with Gasteiger partial charge in [-0.25, -0.2) is 4.79 Å². The maximum Gasteiger partial charge on any atom is 0.343 e. The first-order chi connectivity index (χ1) is 20.1. The van der Waals surface area contributed by atoms with Crippen molar-refractivity contribution in [3.8, 4) is 11.5 Å². The number of hydrogen-bond acceptors (Lipinski definition) is 5. The molecule has 5 rings (SSSR count). The molecule has 4 aromatic rings. The van der Waals surface area contributed by atoms with Gasteiger partial charge >= 0.3 is 5.97 Å². The first-order valence-electron chi connectivity index (χ1n) is 14.0. The number of nitrogens with zero attached hydrogens (tertiary/aromatic N) is 1. The van der Waals surface area contributed by atoms with Gasteiger partial charge in [0.2, 0.25) is 0 Å². The molecule has 6 heteroatoms. The highest BCUT2D eigenvalue weighted by Crippen LogP contribution is 2.36. The first kappa shape index (κ1) is 28.6. The molecule has 0 aromatic heterocycles. The zero-order valence-corrected chi connectivity index (χ0v) is 24.0. The van der Waals surface area contributed by atoms with Crippen LogP contribution in [0.1, 0.15) is 40.4 Å². The Balaban J connectivity index is 1.40. The van der Waals surface area contributed by atoms with Crippen molar-refractivity contribution in [1.29, 1.82) is 0 Å². The van der Waals surface area contributed by atoms with Gasteiger partial charge < -0.3 is 14.2 Å². The number of hydrogen-bond donors (Lipinski definition) is 0. The highest BCUT2D eigenvalue weighted by molar-refractivity contribution is 6.30. The number of carbonyl (C=O) groups excluding carboxylic acids is 1. The quantitative estimate of drug-likeness (QED) is 0.112. The van der Waals surface area contributed by atoms with Crippen LogP contribution in [0.4, 0.5) is 0 Å². The van der Waals surface area contributed by atoms with Crippen molar-refractivity contribution in [2.24, 2.45) is 0 Å². The molecule has 0 spiro atoms. The smallest absolute Gasteiger partial charge is 0.343 e. The number of benzene rings is 4. The van der Waals surface area contributed by atoms with Crippen LogP contribution in [0, 0.1) is 0 Å². The summed E-state index contributed by atoms with van der Waals surface area (Å²) in [6.07, 6.45) is 0.819. The predicted octanol–water partition coefficient (Wildman–Crippen LogP) is 7.64. The molecule has 1 aliphatic rings. The highest BCUT2D eigenvalue weighted by Gasteiger charge is 2.15. The van der Waals surface area contributed by atoms with Crippen LogP contribution in [0.5, 0.6) is 11.5 Å². The lowest BCUT2D eigenvalue weighted by molar-refractivity contribution is 0.0322. The van der Waals surface area contributed by atoms with Crippen molar-refractivity contribution in [2.75, 3.05) is 39.5 Å². The fourth-order valence-electron chi connectivity index (χ4n) is 4.96. The predicted molar refractivity (Wildman–Crippen MR) is 165 cm³/mol. The summed E-state index contributed by atoms with van der Waals surface area (Å²) in [5.41, 5.74) is 6.02. The molecule has 210 valence electrons. The summed E-state index contributed by atoms with van der Waals surface area (Å²) >= 11 is 6.20. The van der Waals surface area contributed by atoms with Crippen LogP contribution < -0.4 is 9.47 Å². The number of morpholine rings is 1. The number of esters is 1.